The summed E-state index contributed by atoms with van der Waals surface area (Å²) in [6.45, 7) is 11.8. The molecule has 3 nitrogen and oxygen atoms in total. The van der Waals surface area contributed by atoms with Gasteiger partial charge in [0, 0.05) is 13.0 Å². The highest BCUT2D eigenvalue weighted by molar-refractivity contribution is 5.91. The van der Waals surface area contributed by atoms with E-state index in [1.54, 1.807) is 6.08 Å². The summed E-state index contributed by atoms with van der Waals surface area (Å²) in [4.78, 5) is 12.2. The number of rotatable bonds is 12. The van der Waals surface area contributed by atoms with Crippen LogP contribution in [-0.4, -0.2) is 25.3 Å². The third-order valence-electron chi connectivity index (χ3n) is 4.84. The smallest absolute Gasteiger partial charge is 0.159 e. The highest BCUT2D eigenvalue weighted by atomic mass is 16.7. The lowest BCUT2D eigenvalue weighted by Gasteiger charge is -2.22. The largest absolute Gasteiger partial charge is 0.353 e. The van der Waals surface area contributed by atoms with E-state index in [0.717, 1.165) is 56.3 Å². The van der Waals surface area contributed by atoms with Crippen LogP contribution in [0.1, 0.15) is 86.0 Å². The van der Waals surface area contributed by atoms with Crippen LogP contribution >= 0.6 is 0 Å². The maximum atomic E-state index is 12.2. The number of hydrogen-bond donors (Lipinski definition) is 0. The van der Waals surface area contributed by atoms with Gasteiger partial charge in [-0.05, 0) is 85.6 Å². The average Bonchev–Trinajstić information content (AvgIpc) is 2.62. The lowest BCUT2D eigenvalue weighted by atomic mass is 10.0. The predicted octanol–water partition coefficient (Wildman–Crippen LogP) is 6.85. The first-order valence-corrected chi connectivity index (χ1v) is 10.7. The van der Waals surface area contributed by atoms with Crippen molar-refractivity contribution < 1.29 is 14.3 Å². The Morgan fingerprint density at radius 3 is 2.32 bits per heavy atom. The zero-order chi connectivity index (χ0) is 20.8. The summed E-state index contributed by atoms with van der Waals surface area (Å²) < 4.78 is 11.2. The molecule has 1 aliphatic heterocycles. The number of hydrogen-bond acceptors (Lipinski definition) is 3. The van der Waals surface area contributed by atoms with Crippen molar-refractivity contribution in [3.63, 3.8) is 0 Å². The number of allylic oxidation sites excluding steroid dienone is 7. The minimum atomic E-state index is -0.0748. The second kappa shape index (κ2) is 14.5. The number of carbonyl (C=O) groups excluding carboxylic acids is 1. The molecule has 0 spiro atoms. The zero-order valence-corrected chi connectivity index (χ0v) is 18.7. The standard InChI is InChI=1S/C25H40O3/c1-20(2)10-8-11-21(3)12-9-13-22(4)18-24(26)19-23(5)15-17-28-25-14-6-7-16-27-25/h10,12,15,18,25H,6-9,11,13-14,16-17,19H2,1-5H3/b21-12+,22-18+,23-15+. The van der Waals surface area contributed by atoms with Gasteiger partial charge in [-0.2, -0.15) is 0 Å². The van der Waals surface area contributed by atoms with Gasteiger partial charge >= 0.3 is 0 Å². The molecule has 1 atom stereocenters. The van der Waals surface area contributed by atoms with E-state index in [1.807, 2.05) is 19.9 Å². The van der Waals surface area contributed by atoms with E-state index < -0.39 is 0 Å². The number of ketones is 1. The SMILES string of the molecule is CC(C)=CCC/C(C)=C/CC/C(C)=C/C(=O)C/C(C)=C/COC1CCCCO1. The predicted molar refractivity (Wildman–Crippen MR) is 118 cm³/mol. The van der Waals surface area contributed by atoms with Crippen LogP contribution in [-0.2, 0) is 14.3 Å². The fourth-order valence-electron chi connectivity index (χ4n) is 3.12. The molecular formula is C25H40O3. The summed E-state index contributed by atoms with van der Waals surface area (Å²) in [5, 5.41) is 0. The maximum absolute atomic E-state index is 12.2. The Balaban J connectivity index is 2.27. The van der Waals surface area contributed by atoms with Crippen molar-refractivity contribution in [1.29, 1.82) is 0 Å². The lowest BCUT2D eigenvalue weighted by Crippen LogP contribution is -2.22. The van der Waals surface area contributed by atoms with Gasteiger partial charge in [-0.15, -0.1) is 0 Å². The second-order valence-electron chi connectivity index (χ2n) is 8.22. The molecule has 0 radical (unpaired) electrons. The fourth-order valence-corrected chi connectivity index (χ4v) is 3.12. The molecule has 0 aromatic heterocycles. The minimum Gasteiger partial charge on any atom is -0.353 e. The van der Waals surface area contributed by atoms with Gasteiger partial charge in [0.15, 0.2) is 12.1 Å². The molecule has 28 heavy (non-hydrogen) atoms. The monoisotopic (exact) mass is 388 g/mol. The maximum Gasteiger partial charge on any atom is 0.159 e. The number of carbonyl (C=O) groups is 1. The molecule has 1 rings (SSSR count). The molecule has 0 bridgehead atoms. The quantitative estimate of drug-likeness (QED) is 0.271. The minimum absolute atomic E-state index is 0.0748. The lowest BCUT2D eigenvalue weighted by molar-refractivity contribution is -0.155. The van der Waals surface area contributed by atoms with Crippen molar-refractivity contribution in [3.05, 3.63) is 46.6 Å². The van der Waals surface area contributed by atoms with Crippen molar-refractivity contribution in [2.24, 2.45) is 0 Å². The van der Waals surface area contributed by atoms with E-state index in [4.69, 9.17) is 9.47 Å². The first-order chi connectivity index (χ1) is 13.4. The first-order valence-electron chi connectivity index (χ1n) is 10.7. The van der Waals surface area contributed by atoms with Crippen LogP contribution in [0.5, 0.6) is 0 Å². The molecule has 1 unspecified atom stereocenters. The molecule has 0 amide bonds. The average molecular weight is 389 g/mol. The van der Waals surface area contributed by atoms with Gasteiger partial charge < -0.3 is 9.47 Å². The van der Waals surface area contributed by atoms with E-state index in [2.05, 4.69) is 32.9 Å². The van der Waals surface area contributed by atoms with Crippen LogP contribution in [0, 0.1) is 0 Å². The highest BCUT2D eigenvalue weighted by Crippen LogP contribution is 2.15. The van der Waals surface area contributed by atoms with Gasteiger partial charge in [-0.3, -0.25) is 4.79 Å². The van der Waals surface area contributed by atoms with E-state index in [0.29, 0.717) is 13.0 Å². The Morgan fingerprint density at radius 2 is 1.64 bits per heavy atom. The van der Waals surface area contributed by atoms with Gasteiger partial charge in [-0.1, -0.05) is 40.5 Å². The summed E-state index contributed by atoms with van der Waals surface area (Å²) in [6.07, 6.45) is 16.2. The normalized spacial score (nSPS) is 18.9. The molecule has 0 aromatic carbocycles. The van der Waals surface area contributed by atoms with E-state index in [-0.39, 0.29) is 12.1 Å². The summed E-state index contributed by atoms with van der Waals surface area (Å²) in [5.41, 5.74) is 5.01. The Kier molecular flexibility index (Phi) is 12.8. The van der Waals surface area contributed by atoms with Crippen LogP contribution in [0.15, 0.2) is 46.6 Å². The van der Waals surface area contributed by atoms with Gasteiger partial charge in [0.1, 0.15) is 0 Å². The van der Waals surface area contributed by atoms with Crippen LogP contribution in [0.4, 0.5) is 0 Å². The topological polar surface area (TPSA) is 35.5 Å². The van der Waals surface area contributed by atoms with Crippen molar-refractivity contribution >= 4 is 5.78 Å². The molecule has 0 saturated carbocycles. The second-order valence-corrected chi connectivity index (χ2v) is 8.22. The molecule has 0 N–H and O–H groups in total. The summed E-state index contributed by atoms with van der Waals surface area (Å²) >= 11 is 0. The third kappa shape index (κ3) is 12.9. The van der Waals surface area contributed by atoms with Crippen LogP contribution < -0.4 is 0 Å². The van der Waals surface area contributed by atoms with Gasteiger partial charge in [-0.25, -0.2) is 0 Å². The summed E-state index contributed by atoms with van der Waals surface area (Å²) in [5.74, 6) is 0.171. The van der Waals surface area contributed by atoms with Crippen LogP contribution in [0.25, 0.3) is 0 Å². The van der Waals surface area contributed by atoms with Gasteiger partial charge in [0.2, 0.25) is 0 Å². The van der Waals surface area contributed by atoms with E-state index in [1.165, 1.54) is 17.6 Å². The molecule has 0 aromatic rings. The molecule has 1 fully saturated rings. The molecular weight excluding hydrogens is 348 g/mol. The molecule has 1 saturated heterocycles. The van der Waals surface area contributed by atoms with E-state index >= 15 is 0 Å². The zero-order valence-electron chi connectivity index (χ0n) is 18.7. The van der Waals surface area contributed by atoms with Gasteiger partial charge in [0.05, 0.1) is 6.61 Å². The summed E-state index contributed by atoms with van der Waals surface area (Å²) in [7, 11) is 0. The van der Waals surface area contributed by atoms with Crippen molar-refractivity contribution in [3.8, 4) is 0 Å². The van der Waals surface area contributed by atoms with Crippen LogP contribution in [0.3, 0.4) is 0 Å². The Hall–Kier alpha value is -1.45. The van der Waals surface area contributed by atoms with Crippen molar-refractivity contribution in [2.75, 3.05) is 13.2 Å². The van der Waals surface area contributed by atoms with Crippen molar-refractivity contribution in [1.82, 2.24) is 0 Å². The molecule has 3 heteroatoms. The molecule has 158 valence electrons. The fraction of sp³-hybridized carbons (Fsp3) is 0.640. The molecule has 1 aliphatic rings. The Morgan fingerprint density at radius 1 is 0.929 bits per heavy atom. The third-order valence-corrected chi connectivity index (χ3v) is 4.84. The molecule has 1 heterocycles. The Labute approximate surface area is 172 Å². The molecule has 0 aliphatic carbocycles. The van der Waals surface area contributed by atoms with Crippen LogP contribution in [0.2, 0.25) is 0 Å². The highest BCUT2D eigenvalue weighted by Gasteiger charge is 2.13. The summed E-state index contributed by atoms with van der Waals surface area (Å²) in [6, 6.07) is 0. The number of ether oxygens (including phenoxy) is 2. The first kappa shape index (κ1) is 24.6. The van der Waals surface area contributed by atoms with Crippen molar-refractivity contribution in [2.45, 2.75) is 92.3 Å². The van der Waals surface area contributed by atoms with Gasteiger partial charge in [0.25, 0.3) is 0 Å². The Bertz CT molecular complexity index is 583. The van der Waals surface area contributed by atoms with E-state index in [9.17, 15) is 4.79 Å².